The average Bonchev–Trinajstić information content (AvgIpc) is 2.48. The molecule has 0 atom stereocenters. The lowest BCUT2D eigenvalue weighted by molar-refractivity contribution is 0.0694. The molecule has 0 aliphatic rings. The van der Waals surface area contributed by atoms with E-state index in [9.17, 15) is 9.59 Å². The Morgan fingerprint density at radius 1 is 1.10 bits per heavy atom. The van der Waals surface area contributed by atoms with E-state index in [2.05, 4.69) is 0 Å². The summed E-state index contributed by atoms with van der Waals surface area (Å²) >= 11 is 0. The van der Waals surface area contributed by atoms with Crippen LogP contribution < -0.4 is 10.5 Å². The van der Waals surface area contributed by atoms with Gasteiger partial charge in [-0.05, 0) is 23.8 Å². The van der Waals surface area contributed by atoms with Crippen LogP contribution in [0.2, 0.25) is 0 Å². The fraction of sp³-hybridized carbons (Fsp3) is 0.0667. The van der Waals surface area contributed by atoms with Crippen LogP contribution in [0.25, 0.3) is 0 Å². The number of ether oxygens (including phenoxy) is 2. The summed E-state index contributed by atoms with van der Waals surface area (Å²) in [4.78, 5) is 22.4. The third-order valence-electron chi connectivity index (χ3n) is 2.65. The molecule has 0 aliphatic heterocycles. The van der Waals surface area contributed by atoms with E-state index in [1.807, 2.05) is 18.2 Å². The molecule has 0 radical (unpaired) electrons. The number of carboxylic acids is 1. The first-order valence-electron chi connectivity index (χ1n) is 6.07. The van der Waals surface area contributed by atoms with E-state index in [0.29, 0.717) is 0 Å². The first-order chi connectivity index (χ1) is 10.1. The summed E-state index contributed by atoms with van der Waals surface area (Å²) in [6, 6.07) is 12.9. The van der Waals surface area contributed by atoms with Gasteiger partial charge < -0.3 is 20.3 Å². The molecule has 108 valence electrons. The van der Waals surface area contributed by atoms with E-state index in [1.165, 1.54) is 18.2 Å². The smallest absolute Gasteiger partial charge is 0.478 e. The van der Waals surface area contributed by atoms with Crippen molar-refractivity contribution in [1.29, 1.82) is 0 Å². The standard InChI is InChI=1S/C15H13NO5/c16-12-7-6-11(14(17)18)8-13(12)21-15(19)20-9-10-4-2-1-3-5-10/h1-8H,9,16H2,(H,17,18). The minimum atomic E-state index is -1.14. The Hall–Kier alpha value is -3.02. The van der Waals surface area contributed by atoms with Gasteiger partial charge in [0.05, 0.1) is 11.3 Å². The molecule has 0 bridgehead atoms. The largest absolute Gasteiger partial charge is 0.514 e. The van der Waals surface area contributed by atoms with Crippen LogP contribution in [0.3, 0.4) is 0 Å². The van der Waals surface area contributed by atoms with E-state index >= 15 is 0 Å². The third kappa shape index (κ3) is 3.97. The Morgan fingerprint density at radius 2 is 1.81 bits per heavy atom. The highest BCUT2D eigenvalue weighted by atomic mass is 16.7. The normalized spacial score (nSPS) is 9.90. The minimum absolute atomic E-state index is 0.0324. The van der Waals surface area contributed by atoms with Gasteiger partial charge in [0.2, 0.25) is 0 Å². The summed E-state index contributed by atoms with van der Waals surface area (Å²) in [5.41, 5.74) is 6.54. The second kappa shape index (κ2) is 6.42. The van der Waals surface area contributed by atoms with Crippen molar-refractivity contribution >= 4 is 17.8 Å². The van der Waals surface area contributed by atoms with Gasteiger partial charge in [-0.15, -0.1) is 0 Å². The zero-order valence-electron chi connectivity index (χ0n) is 11.0. The van der Waals surface area contributed by atoms with Crippen molar-refractivity contribution in [3.63, 3.8) is 0 Å². The third-order valence-corrected chi connectivity index (χ3v) is 2.65. The van der Waals surface area contributed by atoms with Crippen LogP contribution in [-0.2, 0) is 11.3 Å². The Labute approximate surface area is 120 Å². The number of hydrogen-bond acceptors (Lipinski definition) is 5. The number of benzene rings is 2. The molecule has 2 rings (SSSR count). The molecule has 0 saturated heterocycles. The SMILES string of the molecule is Nc1ccc(C(=O)O)cc1OC(=O)OCc1ccccc1. The topological polar surface area (TPSA) is 98.9 Å². The summed E-state index contributed by atoms with van der Waals surface area (Å²) in [5, 5.41) is 8.87. The summed E-state index contributed by atoms with van der Waals surface area (Å²) in [7, 11) is 0. The maximum atomic E-state index is 11.6. The number of anilines is 1. The zero-order valence-corrected chi connectivity index (χ0v) is 11.0. The van der Waals surface area contributed by atoms with Crippen molar-refractivity contribution in [2.24, 2.45) is 0 Å². The molecule has 6 nitrogen and oxygen atoms in total. The lowest BCUT2D eigenvalue weighted by atomic mass is 10.2. The molecule has 0 unspecified atom stereocenters. The fourth-order valence-electron chi connectivity index (χ4n) is 1.59. The van der Waals surface area contributed by atoms with Gasteiger partial charge in [0.25, 0.3) is 0 Å². The maximum Gasteiger partial charge on any atom is 0.514 e. The quantitative estimate of drug-likeness (QED) is 0.509. The average molecular weight is 287 g/mol. The van der Waals surface area contributed by atoms with E-state index in [4.69, 9.17) is 20.3 Å². The predicted octanol–water partition coefficient (Wildman–Crippen LogP) is 2.68. The molecule has 3 N–H and O–H groups in total. The number of aromatic carboxylic acids is 1. The molecule has 0 amide bonds. The van der Waals surface area contributed by atoms with Crippen molar-refractivity contribution < 1.29 is 24.2 Å². The van der Waals surface area contributed by atoms with Gasteiger partial charge >= 0.3 is 12.1 Å². The van der Waals surface area contributed by atoms with Crippen LogP contribution in [0, 0.1) is 0 Å². The molecular formula is C15H13NO5. The molecule has 0 aliphatic carbocycles. The minimum Gasteiger partial charge on any atom is -0.478 e. The van der Waals surface area contributed by atoms with Gasteiger partial charge in [0, 0.05) is 0 Å². The number of rotatable bonds is 4. The number of hydrogen-bond donors (Lipinski definition) is 2. The van der Waals surface area contributed by atoms with Crippen molar-refractivity contribution in [3.8, 4) is 5.75 Å². The summed E-state index contributed by atoms with van der Waals surface area (Å²) in [5.74, 6) is -1.19. The van der Waals surface area contributed by atoms with Crippen LogP contribution in [0.1, 0.15) is 15.9 Å². The van der Waals surface area contributed by atoms with Crippen LogP contribution in [0.4, 0.5) is 10.5 Å². The van der Waals surface area contributed by atoms with Crippen molar-refractivity contribution in [1.82, 2.24) is 0 Å². The molecule has 21 heavy (non-hydrogen) atoms. The molecule has 0 heterocycles. The highest BCUT2D eigenvalue weighted by molar-refractivity contribution is 5.89. The molecule has 0 spiro atoms. The van der Waals surface area contributed by atoms with Crippen molar-refractivity contribution in [3.05, 3.63) is 59.7 Å². The van der Waals surface area contributed by atoms with E-state index in [0.717, 1.165) is 5.56 Å². The molecule has 6 heteroatoms. The molecule has 0 aromatic heterocycles. The lowest BCUT2D eigenvalue weighted by Crippen LogP contribution is -2.12. The Morgan fingerprint density at radius 3 is 2.48 bits per heavy atom. The Balaban J connectivity index is 1.99. The van der Waals surface area contributed by atoms with Crippen LogP contribution in [0.5, 0.6) is 5.75 Å². The van der Waals surface area contributed by atoms with Crippen LogP contribution in [0.15, 0.2) is 48.5 Å². The van der Waals surface area contributed by atoms with Crippen LogP contribution >= 0.6 is 0 Å². The van der Waals surface area contributed by atoms with E-state index < -0.39 is 12.1 Å². The lowest BCUT2D eigenvalue weighted by Gasteiger charge is -2.08. The van der Waals surface area contributed by atoms with Gasteiger partial charge in [-0.3, -0.25) is 0 Å². The van der Waals surface area contributed by atoms with Crippen molar-refractivity contribution in [2.45, 2.75) is 6.61 Å². The van der Waals surface area contributed by atoms with Crippen molar-refractivity contribution in [2.75, 3.05) is 5.73 Å². The molecular weight excluding hydrogens is 274 g/mol. The second-order valence-corrected chi connectivity index (χ2v) is 4.18. The maximum absolute atomic E-state index is 11.6. The van der Waals surface area contributed by atoms with Gasteiger partial charge in [-0.1, -0.05) is 30.3 Å². The van der Waals surface area contributed by atoms with E-state index in [-0.39, 0.29) is 23.6 Å². The van der Waals surface area contributed by atoms with Gasteiger partial charge in [0.1, 0.15) is 6.61 Å². The van der Waals surface area contributed by atoms with Crippen LogP contribution in [-0.4, -0.2) is 17.2 Å². The van der Waals surface area contributed by atoms with Gasteiger partial charge in [0.15, 0.2) is 5.75 Å². The Kier molecular flexibility index (Phi) is 4.40. The second-order valence-electron chi connectivity index (χ2n) is 4.18. The first-order valence-corrected chi connectivity index (χ1v) is 6.07. The molecule has 0 saturated carbocycles. The first kappa shape index (κ1) is 14.4. The molecule has 0 fully saturated rings. The number of nitrogens with two attached hydrogens (primary N) is 1. The number of carbonyl (C=O) groups is 2. The summed E-state index contributed by atoms with van der Waals surface area (Å²) in [6.45, 7) is 0.0538. The predicted molar refractivity (Wildman–Crippen MR) is 75.1 cm³/mol. The number of carboxylic acid groups (broad SMARTS) is 1. The Bertz CT molecular complexity index is 654. The highest BCUT2D eigenvalue weighted by Crippen LogP contribution is 2.23. The van der Waals surface area contributed by atoms with Gasteiger partial charge in [-0.2, -0.15) is 0 Å². The fourth-order valence-corrected chi connectivity index (χ4v) is 1.59. The molecule has 2 aromatic rings. The number of nitrogen functional groups attached to an aromatic ring is 1. The highest BCUT2D eigenvalue weighted by Gasteiger charge is 2.12. The summed E-state index contributed by atoms with van der Waals surface area (Å²) < 4.78 is 9.83. The van der Waals surface area contributed by atoms with E-state index in [1.54, 1.807) is 12.1 Å². The monoisotopic (exact) mass is 287 g/mol. The summed E-state index contributed by atoms with van der Waals surface area (Å²) in [6.07, 6.45) is -0.951. The number of carbonyl (C=O) groups excluding carboxylic acids is 1. The van der Waals surface area contributed by atoms with Gasteiger partial charge in [-0.25, -0.2) is 9.59 Å². The molecule has 2 aromatic carbocycles. The zero-order chi connectivity index (χ0) is 15.2.